The molecule has 1 aliphatic carbocycles. The van der Waals surface area contributed by atoms with Gasteiger partial charge in [0, 0.05) is 28.6 Å². The molecule has 0 aromatic carbocycles. The lowest BCUT2D eigenvalue weighted by Gasteiger charge is -2.16. The number of nitrogens with zero attached hydrogens (tertiary/aromatic N) is 2. The van der Waals surface area contributed by atoms with Crippen LogP contribution in [0.15, 0.2) is 35.4 Å². The van der Waals surface area contributed by atoms with Gasteiger partial charge in [0.1, 0.15) is 6.33 Å². The first-order valence-electron chi connectivity index (χ1n) is 5.74. The maximum Gasteiger partial charge on any atom is 0.334 e. The van der Waals surface area contributed by atoms with Gasteiger partial charge in [-0.1, -0.05) is 11.6 Å². The number of allylic oxidation sites excluding steroid dienone is 3. The Morgan fingerprint density at radius 3 is 2.78 bits per heavy atom. The molecule has 0 amide bonds. The van der Waals surface area contributed by atoms with Crippen LogP contribution in [0.1, 0.15) is 25.3 Å². The fourth-order valence-corrected chi connectivity index (χ4v) is 2.02. The fraction of sp³-hybridized carbons (Fsp3) is 0.308. The monoisotopic (exact) mass is 264 g/mol. The molecule has 4 nitrogen and oxygen atoms in total. The number of hydrogen-bond donors (Lipinski definition) is 0. The quantitative estimate of drug-likeness (QED) is 0.788. The third-order valence-corrected chi connectivity index (χ3v) is 2.93. The van der Waals surface area contributed by atoms with Gasteiger partial charge in [-0.15, -0.1) is 0 Å². The summed E-state index contributed by atoms with van der Waals surface area (Å²) in [4.78, 5) is 19.8. The van der Waals surface area contributed by atoms with E-state index in [2.05, 4.69) is 9.97 Å². The zero-order chi connectivity index (χ0) is 13.0. The minimum atomic E-state index is -0.295. The Morgan fingerprint density at radius 1 is 1.39 bits per heavy atom. The van der Waals surface area contributed by atoms with Crippen molar-refractivity contribution in [1.29, 1.82) is 0 Å². The number of aromatic nitrogens is 2. The highest BCUT2D eigenvalue weighted by Crippen LogP contribution is 2.32. The number of esters is 1. The van der Waals surface area contributed by atoms with Gasteiger partial charge in [-0.3, -0.25) is 0 Å². The van der Waals surface area contributed by atoms with Crippen LogP contribution >= 0.6 is 11.6 Å². The van der Waals surface area contributed by atoms with Gasteiger partial charge in [0.05, 0.1) is 6.61 Å². The molecule has 1 aromatic rings. The molecule has 1 heterocycles. The molecule has 18 heavy (non-hydrogen) atoms. The molecule has 0 unspecified atom stereocenters. The summed E-state index contributed by atoms with van der Waals surface area (Å²) in [5, 5.41) is 0.724. The van der Waals surface area contributed by atoms with Crippen LogP contribution in [0.3, 0.4) is 0 Å². The summed E-state index contributed by atoms with van der Waals surface area (Å²) < 4.78 is 5.06. The summed E-state index contributed by atoms with van der Waals surface area (Å²) >= 11 is 6.04. The molecule has 0 aliphatic heterocycles. The van der Waals surface area contributed by atoms with Crippen molar-refractivity contribution in [2.75, 3.05) is 6.61 Å². The number of hydrogen-bond acceptors (Lipinski definition) is 4. The zero-order valence-electron chi connectivity index (χ0n) is 10.0. The minimum Gasteiger partial charge on any atom is -0.463 e. The molecule has 0 saturated heterocycles. The summed E-state index contributed by atoms with van der Waals surface area (Å²) in [6.45, 7) is 2.15. The second-order valence-electron chi connectivity index (χ2n) is 3.83. The topological polar surface area (TPSA) is 52.1 Å². The highest BCUT2D eigenvalue weighted by atomic mass is 35.5. The molecule has 94 valence electrons. The standard InChI is InChI=1S/C13H13ClN2O2/c1-2-18-13(17)11-4-3-10(14)5-12(11)9-6-15-8-16-7-9/h5-8H,2-4H2,1H3. The predicted molar refractivity (Wildman–Crippen MR) is 68.8 cm³/mol. The van der Waals surface area contributed by atoms with Crippen molar-refractivity contribution in [3.63, 3.8) is 0 Å². The van der Waals surface area contributed by atoms with Crippen LogP contribution in [-0.4, -0.2) is 22.5 Å². The maximum atomic E-state index is 11.9. The van der Waals surface area contributed by atoms with E-state index in [-0.39, 0.29) is 5.97 Å². The molecule has 1 aliphatic rings. The van der Waals surface area contributed by atoms with Crippen LogP contribution in [-0.2, 0) is 9.53 Å². The molecular formula is C13H13ClN2O2. The Hall–Kier alpha value is -1.68. The molecule has 0 fully saturated rings. The van der Waals surface area contributed by atoms with E-state index in [9.17, 15) is 4.79 Å². The summed E-state index contributed by atoms with van der Waals surface area (Å²) in [5.74, 6) is -0.295. The summed E-state index contributed by atoms with van der Waals surface area (Å²) in [6, 6.07) is 0. The van der Waals surface area contributed by atoms with E-state index in [0.29, 0.717) is 25.0 Å². The smallest absolute Gasteiger partial charge is 0.334 e. The third-order valence-electron chi connectivity index (χ3n) is 2.63. The van der Waals surface area contributed by atoms with Crippen LogP contribution < -0.4 is 0 Å². The number of ether oxygens (including phenoxy) is 1. The van der Waals surface area contributed by atoms with E-state index in [1.54, 1.807) is 25.4 Å². The van der Waals surface area contributed by atoms with Gasteiger partial charge >= 0.3 is 5.97 Å². The minimum absolute atomic E-state index is 0.295. The lowest BCUT2D eigenvalue weighted by atomic mass is 9.93. The van der Waals surface area contributed by atoms with Gasteiger partial charge in [0.15, 0.2) is 0 Å². The van der Waals surface area contributed by atoms with Crippen LogP contribution in [0, 0.1) is 0 Å². The Morgan fingerprint density at radius 2 is 2.11 bits per heavy atom. The molecule has 1 aromatic heterocycles. The van der Waals surface area contributed by atoms with Crippen molar-refractivity contribution in [3.8, 4) is 0 Å². The first-order valence-corrected chi connectivity index (χ1v) is 6.12. The molecule has 2 rings (SSSR count). The molecule has 0 radical (unpaired) electrons. The van der Waals surface area contributed by atoms with Crippen molar-refractivity contribution in [2.24, 2.45) is 0 Å². The van der Waals surface area contributed by atoms with Crippen LogP contribution in [0.2, 0.25) is 0 Å². The highest BCUT2D eigenvalue weighted by molar-refractivity contribution is 6.30. The largest absolute Gasteiger partial charge is 0.463 e. The Balaban J connectivity index is 2.45. The first-order chi connectivity index (χ1) is 8.72. The lowest BCUT2D eigenvalue weighted by molar-refractivity contribution is -0.138. The second kappa shape index (κ2) is 5.78. The van der Waals surface area contributed by atoms with Crippen molar-refractivity contribution >= 4 is 23.1 Å². The van der Waals surface area contributed by atoms with Crippen molar-refractivity contribution < 1.29 is 9.53 Å². The predicted octanol–water partition coefficient (Wildman–Crippen LogP) is 2.71. The van der Waals surface area contributed by atoms with Gasteiger partial charge in [0.2, 0.25) is 0 Å². The summed E-state index contributed by atoms with van der Waals surface area (Å²) in [6.07, 6.45) is 7.80. The Labute approximate surface area is 110 Å². The van der Waals surface area contributed by atoms with E-state index < -0.39 is 0 Å². The van der Waals surface area contributed by atoms with Crippen LogP contribution in [0.4, 0.5) is 0 Å². The Kier molecular flexibility index (Phi) is 4.10. The number of halogens is 1. The van der Waals surface area contributed by atoms with Crippen molar-refractivity contribution in [3.05, 3.63) is 41.0 Å². The number of carbonyl (C=O) groups excluding carboxylic acids is 1. The van der Waals surface area contributed by atoms with Gasteiger partial charge in [-0.2, -0.15) is 0 Å². The molecule has 0 bridgehead atoms. The molecule has 0 atom stereocenters. The first kappa shape index (κ1) is 12.8. The third kappa shape index (κ3) is 2.76. The second-order valence-corrected chi connectivity index (χ2v) is 4.32. The zero-order valence-corrected chi connectivity index (χ0v) is 10.8. The van der Waals surface area contributed by atoms with Crippen LogP contribution in [0.5, 0.6) is 0 Å². The molecule has 0 saturated carbocycles. The van der Waals surface area contributed by atoms with E-state index in [1.165, 1.54) is 6.33 Å². The normalized spacial score (nSPS) is 15.3. The number of carbonyl (C=O) groups is 1. The summed E-state index contributed by atoms with van der Waals surface area (Å²) in [7, 11) is 0. The van der Waals surface area contributed by atoms with Gasteiger partial charge < -0.3 is 4.74 Å². The average Bonchev–Trinajstić information content (AvgIpc) is 2.40. The molecule has 5 heteroatoms. The van der Waals surface area contributed by atoms with Crippen LogP contribution in [0.25, 0.3) is 5.57 Å². The van der Waals surface area contributed by atoms with E-state index in [0.717, 1.165) is 16.2 Å². The maximum absolute atomic E-state index is 11.9. The fourth-order valence-electron chi connectivity index (χ4n) is 1.82. The number of rotatable bonds is 3. The molecule has 0 N–H and O–H groups in total. The van der Waals surface area contributed by atoms with Gasteiger partial charge in [-0.05, 0) is 31.4 Å². The SMILES string of the molecule is CCOC(=O)C1=C(c2cncnc2)C=C(Cl)CC1. The lowest BCUT2D eigenvalue weighted by Crippen LogP contribution is -2.12. The van der Waals surface area contributed by atoms with E-state index in [1.807, 2.05) is 0 Å². The van der Waals surface area contributed by atoms with Crippen molar-refractivity contribution in [2.45, 2.75) is 19.8 Å². The highest BCUT2D eigenvalue weighted by Gasteiger charge is 2.21. The van der Waals surface area contributed by atoms with Gasteiger partial charge in [-0.25, -0.2) is 14.8 Å². The molecule has 0 spiro atoms. The van der Waals surface area contributed by atoms with E-state index in [4.69, 9.17) is 16.3 Å². The van der Waals surface area contributed by atoms with Gasteiger partial charge in [0.25, 0.3) is 0 Å². The molecular weight excluding hydrogens is 252 g/mol. The van der Waals surface area contributed by atoms with Crippen molar-refractivity contribution in [1.82, 2.24) is 9.97 Å². The average molecular weight is 265 g/mol. The summed E-state index contributed by atoms with van der Waals surface area (Å²) in [5.41, 5.74) is 2.17. The van der Waals surface area contributed by atoms with E-state index >= 15 is 0 Å². The Bertz CT molecular complexity index is 509.